The summed E-state index contributed by atoms with van der Waals surface area (Å²) in [4.78, 5) is 32.8. The van der Waals surface area contributed by atoms with Crippen LogP contribution in [0.4, 0.5) is 11.6 Å². The van der Waals surface area contributed by atoms with E-state index in [1.807, 2.05) is 55.5 Å². The zero-order valence-electron chi connectivity index (χ0n) is 22.0. The van der Waals surface area contributed by atoms with Gasteiger partial charge in [-0.3, -0.25) is 9.59 Å². The van der Waals surface area contributed by atoms with E-state index < -0.39 is 0 Å². The first-order chi connectivity index (χ1) is 17.8. The summed E-state index contributed by atoms with van der Waals surface area (Å²) in [6, 6.07) is 18.0. The van der Waals surface area contributed by atoms with E-state index in [-0.39, 0.29) is 11.8 Å². The standard InChI is InChI=1S/C29H36N6O2/c1-20(2)24-13-10-23(11-14-24)12-15-26(37)31-17-19-33-28-21(3)27(32-18-16-30-22(4)36)34-29(35-28)25-8-6-5-7-9-25/h5-15,20H,16-19H2,1-4H3,(H,30,36)(H,31,37)(H2,32,33,34,35)/b15-12+. The van der Waals surface area contributed by atoms with Crippen LogP contribution in [0.3, 0.4) is 0 Å². The van der Waals surface area contributed by atoms with Crippen molar-refractivity contribution in [2.75, 3.05) is 36.8 Å². The van der Waals surface area contributed by atoms with Crippen molar-refractivity contribution in [2.45, 2.75) is 33.6 Å². The number of nitrogens with zero attached hydrogens (tertiary/aromatic N) is 2. The van der Waals surface area contributed by atoms with Gasteiger partial charge in [0, 0.05) is 50.3 Å². The Morgan fingerprint density at radius 1 is 0.838 bits per heavy atom. The van der Waals surface area contributed by atoms with Gasteiger partial charge in [0.15, 0.2) is 5.82 Å². The summed E-state index contributed by atoms with van der Waals surface area (Å²) in [5, 5.41) is 12.3. The number of hydrogen-bond donors (Lipinski definition) is 4. The maximum atomic E-state index is 12.3. The van der Waals surface area contributed by atoms with E-state index >= 15 is 0 Å². The largest absolute Gasteiger partial charge is 0.368 e. The average molecular weight is 501 g/mol. The smallest absolute Gasteiger partial charge is 0.244 e. The molecule has 0 aliphatic carbocycles. The predicted octanol–water partition coefficient (Wildman–Crippen LogP) is 4.36. The fourth-order valence-corrected chi connectivity index (χ4v) is 3.59. The Kier molecular flexibility index (Phi) is 10.2. The molecule has 3 rings (SSSR count). The van der Waals surface area contributed by atoms with Crippen LogP contribution in [0.15, 0.2) is 60.7 Å². The first kappa shape index (κ1) is 27.4. The summed E-state index contributed by atoms with van der Waals surface area (Å²) in [6.45, 7) is 9.70. The van der Waals surface area contributed by atoms with Crippen LogP contribution in [0.5, 0.6) is 0 Å². The zero-order valence-corrected chi connectivity index (χ0v) is 22.0. The number of carbonyl (C=O) groups is 2. The normalized spacial score (nSPS) is 10.9. The van der Waals surface area contributed by atoms with E-state index in [0.717, 1.165) is 16.7 Å². The van der Waals surface area contributed by atoms with Gasteiger partial charge in [-0.05, 0) is 30.0 Å². The topological polar surface area (TPSA) is 108 Å². The zero-order chi connectivity index (χ0) is 26.6. The number of nitrogens with one attached hydrogen (secondary N) is 4. The molecule has 8 nitrogen and oxygen atoms in total. The van der Waals surface area contributed by atoms with Crippen molar-refractivity contribution < 1.29 is 9.59 Å². The average Bonchev–Trinajstić information content (AvgIpc) is 2.90. The molecular formula is C29H36N6O2. The fraction of sp³-hybridized carbons (Fsp3) is 0.310. The molecule has 0 fully saturated rings. The predicted molar refractivity (Wildman–Crippen MR) is 150 cm³/mol. The highest BCUT2D eigenvalue weighted by atomic mass is 16.2. The molecule has 194 valence electrons. The van der Waals surface area contributed by atoms with E-state index in [9.17, 15) is 9.59 Å². The van der Waals surface area contributed by atoms with Crippen molar-refractivity contribution in [1.82, 2.24) is 20.6 Å². The van der Waals surface area contributed by atoms with Gasteiger partial charge in [0.05, 0.1) is 0 Å². The van der Waals surface area contributed by atoms with Crippen molar-refractivity contribution >= 4 is 29.5 Å². The summed E-state index contributed by atoms with van der Waals surface area (Å²) in [5.41, 5.74) is 4.02. The first-order valence-corrected chi connectivity index (χ1v) is 12.6. The highest BCUT2D eigenvalue weighted by molar-refractivity contribution is 5.91. The Bertz CT molecular complexity index is 1210. The molecule has 0 aliphatic rings. The van der Waals surface area contributed by atoms with Gasteiger partial charge in [0.2, 0.25) is 11.8 Å². The Morgan fingerprint density at radius 3 is 2.00 bits per heavy atom. The first-order valence-electron chi connectivity index (χ1n) is 12.6. The lowest BCUT2D eigenvalue weighted by atomic mass is 10.0. The third-order valence-electron chi connectivity index (χ3n) is 5.72. The monoisotopic (exact) mass is 500 g/mol. The summed E-state index contributed by atoms with van der Waals surface area (Å²) in [7, 11) is 0. The molecule has 8 heteroatoms. The number of amides is 2. The SMILES string of the molecule is CC(=O)NCCNc1nc(-c2ccccc2)nc(NCCNC(=O)/C=C/c2ccc(C(C)C)cc2)c1C. The van der Waals surface area contributed by atoms with Crippen LogP contribution in [-0.2, 0) is 9.59 Å². The van der Waals surface area contributed by atoms with Crippen LogP contribution in [-0.4, -0.2) is 48.0 Å². The minimum atomic E-state index is -0.153. The van der Waals surface area contributed by atoms with Gasteiger partial charge in [-0.2, -0.15) is 0 Å². The molecular weight excluding hydrogens is 464 g/mol. The molecule has 0 aliphatic heterocycles. The van der Waals surface area contributed by atoms with Crippen molar-refractivity contribution in [2.24, 2.45) is 0 Å². The van der Waals surface area contributed by atoms with Gasteiger partial charge in [0.25, 0.3) is 0 Å². The molecule has 0 bridgehead atoms. The Balaban J connectivity index is 1.59. The van der Waals surface area contributed by atoms with Crippen LogP contribution in [0.2, 0.25) is 0 Å². The lowest BCUT2D eigenvalue weighted by Gasteiger charge is -2.15. The quantitative estimate of drug-likeness (QED) is 0.217. The van der Waals surface area contributed by atoms with Gasteiger partial charge < -0.3 is 21.3 Å². The molecule has 0 spiro atoms. The van der Waals surface area contributed by atoms with Crippen LogP contribution in [0.25, 0.3) is 17.5 Å². The molecule has 0 radical (unpaired) electrons. The van der Waals surface area contributed by atoms with Crippen molar-refractivity contribution in [3.8, 4) is 11.4 Å². The minimum absolute atomic E-state index is 0.0746. The number of benzene rings is 2. The summed E-state index contributed by atoms with van der Waals surface area (Å²) in [6.07, 6.45) is 3.36. The highest BCUT2D eigenvalue weighted by Gasteiger charge is 2.12. The van der Waals surface area contributed by atoms with E-state index in [4.69, 9.17) is 9.97 Å². The van der Waals surface area contributed by atoms with E-state index in [0.29, 0.717) is 49.6 Å². The minimum Gasteiger partial charge on any atom is -0.368 e. The number of aromatic nitrogens is 2. The number of hydrogen-bond acceptors (Lipinski definition) is 6. The number of anilines is 2. The maximum Gasteiger partial charge on any atom is 0.244 e. The van der Waals surface area contributed by atoms with Gasteiger partial charge in [-0.25, -0.2) is 9.97 Å². The van der Waals surface area contributed by atoms with E-state index in [1.54, 1.807) is 6.08 Å². The Hall–Kier alpha value is -4.20. The van der Waals surface area contributed by atoms with Crippen LogP contribution >= 0.6 is 0 Å². The number of carbonyl (C=O) groups excluding carboxylic acids is 2. The molecule has 0 atom stereocenters. The molecule has 1 heterocycles. The van der Waals surface area contributed by atoms with Crippen LogP contribution in [0.1, 0.15) is 43.4 Å². The third kappa shape index (κ3) is 8.75. The van der Waals surface area contributed by atoms with Crippen molar-refractivity contribution in [1.29, 1.82) is 0 Å². The Morgan fingerprint density at radius 2 is 1.43 bits per heavy atom. The van der Waals surface area contributed by atoms with Crippen molar-refractivity contribution in [3.05, 3.63) is 77.4 Å². The second kappa shape index (κ2) is 13.8. The molecule has 2 aromatic carbocycles. The third-order valence-corrected chi connectivity index (χ3v) is 5.72. The summed E-state index contributed by atoms with van der Waals surface area (Å²) >= 11 is 0. The molecule has 4 N–H and O–H groups in total. The fourth-order valence-electron chi connectivity index (χ4n) is 3.59. The lowest BCUT2D eigenvalue weighted by molar-refractivity contribution is -0.119. The molecule has 1 aromatic heterocycles. The highest BCUT2D eigenvalue weighted by Crippen LogP contribution is 2.25. The summed E-state index contributed by atoms with van der Waals surface area (Å²) < 4.78 is 0. The van der Waals surface area contributed by atoms with Gasteiger partial charge in [0.1, 0.15) is 11.6 Å². The molecule has 2 amide bonds. The molecule has 0 saturated carbocycles. The molecule has 0 saturated heterocycles. The van der Waals surface area contributed by atoms with Crippen LogP contribution in [0, 0.1) is 6.92 Å². The van der Waals surface area contributed by atoms with E-state index in [2.05, 4.69) is 47.2 Å². The van der Waals surface area contributed by atoms with Gasteiger partial charge in [-0.1, -0.05) is 68.4 Å². The number of rotatable bonds is 12. The molecule has 0 unspecified atom stereocenters. The van der Waals surface area contributed by atoms with Gasteiger partial charge >= 0.3 is 0 Å². The van der Waals surface area contributed by atoms with Crippen LogP contribution < -0.4 is 21.3 Å². The molecule has 3 aromatic rings. The van der Waals surface area contributed by atoms with E-state index in [1.165, 1.54) is 12.5 Å². The Labute approximate surface area is 219 Å². The van der Waals surface area contributed by atoms with Crippen molar-refractivity contribution in [3.63, 3.8) is 0 Å². The second-order valence-electron chi connectivity index (χ2n) is 9.02. The second-order valence-corrected chi connectivity index (χ2v) is 9.02. The lowest BCUT2D eigenvalue weighted by Crippen LogP contribution is -2.28. The maximum absolute atomic E-state index is 12.3. The van der Waals surface area contributed by atoms with Gasteiger partial charge in [-0.15, -0.1) is 0 Å². The molecule has 37 heavy (non-hydrogen) atoms. The summed E-state index contributed by atoms with van der Waals surface area (Å²) in [5.74, 6) is 2.22.